The van der Waals surface area contributed by atoms with Crippen LogP contribution in [0.1, 0.15) is 5.82 Å². The molecule has 2 aromatic heterocycles. The summed E-state index contributed by atoms with van der Waals surface area (Å²) in [6, 6.07) is 17.0. The van der Waals surface area contributed by atoms with Gasteiger partial charge < -0.3 is 14.6 Å². The van der Waals surface area contributed by atoms with Gasteiger partial charge in [0.25, 0.3) is 0 Å². The van der Waals surface area contributed by atoms with E-state index in [1.807, 2.05) is 47.3 Å². The second kappa shape index (κ2) is 9.95. The molecule has 1 amide bonds. The molecule has 0 unspecified atom stereocenters. The molecule has 0 saturated heterocycles. The number of hydrogen-bond donors (Lipinski definition) is 1. The maximum absolute atomic E-state index is 12.3. The Morgan fingerprint density at radius 3 is 2.71 bits per heavy atom. The van der Waals surface area contributed by atoms with E-state index in [4.69, 9.17) is 16.3 Å². The number of nitrogens with zero attached hydrogens (tertiary/aromatic N) is 4. The molecule has 0 aliphatic rings. The molecule has 158 valence electrons. The summed E-state index contributed by atoms with van der Waals surface area (Å²) in [5, 5.41) is 14.9. The number of carbonyl (C=O) groups excluding carboxylic acids is 1. The van der Waals surface area contributed by atoms with Gasteiger partial charge in [-0.1, -0.05) is 53.7 Å². The molecule has 2 heterocycles. The fraction of sp³-hybridized carbons (Fsp3) is 0.143. The zero-order valence-corrected chi connectivity index (χ0v) is 18.9. The van der Waals surface area contributed by atoms with Gasteiger partial charge in [0, 0.05) is 23.0 Å². The molecule has 0 aliphatic carbocycles. The SMILES string of the molecule is Cn1c(COc2ccc(Cl)cc2)nnc1SCC(=O)Nc1nc(-c2ccccc2)cs1. The van der Waals surface area contributed by atoms with Crippen LogP contribution in [0.15, 0.2) is 65.1 Å². The van der Waals surface area contributed by atoms with E-state index in [1.165, 1.54) is 23.1 Å². The molecule has 31 heavy (non-hydrogen) atoms. The monoisotopic (exact) mass is 471 g/mol. The molecular formula is C21H18ClN5O2S2. The Labute approximate surface area is 192 Å². The van der Waals surface area contributed by atoms with Crippen LogP contribution in [-0.4, -0.2) is 31.4 Å². The zero-order chi connectivity index (χ0) is 21.6. The van der Waals surface area contributed by atoms with Crippen molar-refractivity contribution in [3.8, 4) is 17.0 Å². The van der Waals surface area contributed by atoms with Gasteiger partial charge in [-0.05, 0) is 24.3 Å². The summed E-state index contributed by atoms with van der Waals surface area (Å²) < 4.78 is 7.52. The van der Waals surface area contributed by atoms with Crippen LogP contribution >= 0.6 is 34.7 Å². The minimum atomic E-state index is -0.152. The summed E-state index contributed by atoms with van der Waals surface area (Å²) in [6.45, 7) is 0.263. The number of rotatable bonds is 8. The van der Waals surface area contributed by atoms with Crippen molar-refractivity contribution in [2.75, 3.05) is 11.1 Å². The number of anilines is 1. The molecule has 0 aliphatic heterocycles. The normalized spacial score (nSPS) is 10.8. The topological polar surface area (TPSA) is 81.9 Å². The quantitative estimate of drug-likeness (QED) is 0.368. The third kappa shape index (κ3) is 5.63. The Hall–Kier alpha value is -2.88. The zero-order valence-electron chi connectivity index (χ0n) is 16.5. The average Bonchev–Trinajstić information content (AvgIpc) is 3.39. The van der Waals surface area contributed by atoms with Gasteiger partial charge in [-0.3, -0.25) is 4.79 Å². The number of thiazole rings is 1. The molecule has 7 nitrogen and oxygen atoms in total. The largest absolute Gasteiger partial charge is 0.486 e. The molecule has 0 fully saturated rings. The van der Waals surface area contributed by atoms with Crippen LogP contribution < -0.4 is 10.1 Å². The van der Waals surface area contributed by atoms with Crippen LogP contribution in [0.25, 0.3) is 11.3 Å². The number of carbonyl (C=O) groups is 1. The number of benzene rings is 2. The second-order valence-corrected chi connectivity index (χ2v) is 8.68. The molecule has 4 aromatic rings. The van der Waals surface area contributed by atoms with Crippen molar-refractivity contribution in [2.24, 2.45) is 7.05 Å². The van der Waals surface area contributed by atoms with Crippen molar-refractivity contribution in [3.63, 3.8) is 0 Å². The Bertz CT molecular complexity index is 1160. The van der Waals surface area contributed by atoms with Crippen LogP contribution in [0.5, 0.6) is 5.75 Å². The predicted octanol–water partition coefficient (Wildman–Crippen LogP) is 4.90. The first kappa shape index (κ1) is 21.4. The lowest BCUT2D eigenvalue weighted by Crippen LogP contribution is -2.14. The lowest BCUT2D eigenvalue weighted by Gasteiger charge is -2.06. The summed E-state index contributed by atoms with van der Waals surface area (Å²) in [7, 11) is 1.84. The van der Waals surface area contributed by atoms with Gasteiger partial charge >= 0.3 is 0 Å². The number of halogens is 1. The van der Waals surface area contributed by atoms with E-state index >= 15 is 0 Å². The van der Waals surface area contributed by atoms with E-state index in [1.54, 1.807) is 24.3 Å². The van der Waals surface area contributed by atoms with Crippen LogP contribution in [-0.2, 0) is 18.4 Å². The fourth-order valence-corrected chi connectivity index (χ4v) is 4.23. The van der Waals surface area contributed by atoms with E-state index < -0.39 is 0 Å². The fourth-order valence-electron chi connectivity index (χ4n) is 2.63. The van der Waals surface area contributed by atoms with Gasteiger partial charge in [0.1, 0.15) is 12.4 Å². The second-order valence-electron chi connectivity index (χ2n) is 6.44. The van der Waals surface area contributed by atoms with E-state index in [9.17, 15) is 4.79 Å². The maximum atomic E-state index is 12.3. The van der Waals surface area contributed by atoms with Gasteiger partial charge in [-0.2, -0.15) is 0 Å². The number of thioether (sulfide) groups is 1. The molecule has 0 atom stereocenters. The number of amides is 1. The summed E-state index contributed by atoms with van der Waals surface area (Å²) in [5.41, 5.74) is 1.85. The van der Waals surface area contributed by atoms with Crippen LogP contribution in [0, 0.1) is 0 Å². The molecule has 2 aromatic carbocycles. The minimum absolute atomic E-state index is 0.152. The van der Waals surface area contributed by atoms with E-state index in [-0.39, 0.29) is 18.3 Å². The third-order valence-corrected chi connectivity index (χ3v) is 6.29. The highest BCUT2D eigenvalue weighted by Gasteiger charge is 2.13. The summed E-state index contributed by atoms with van der Waals surface area (Å²) in [5.74, 6) is 1.40. The maximum Gasteiger partial charge on any atom is 0.236 e. The Balaban J connectivity index is 1.29. The summed E-state index contributed by atoms with van der Waals surface area (Å²) in [4.78, 5) is 16.8. The first-order valence-corrected chi connectivity index (χ1v) is 11.5. The molecular weight excluding hydrogens is 454 g/mol. The summed E-state index contributed by atoms with van der Waals surface area (Å²) >= 11 is 8.58. The first-order chi connectivity index (χ1) is 15.1. The van der Waals surface area contributed by atoms with Crippen molar-refractivity contribution in [2.45, 2.75) is 11.8 Å². The molecule has 4 rings (SSSR count). The molecule has 0 bridgehead atoms. The third-order valence-electron chi connectivity index (χ3n) is 4.26. The highest BCUT2D eigenvalue weighted by Crippen LogP contribution is 2.25. The van der Waals surface area contributed by atoms with Gasteiger partial charge in [-0.15, -0.1) is 21.5 Å². The summed E-state index contributed by atoms with van der Waals surface area (Å²) in [6.07, 6.45) is 0. The van der Waals surface area contributed by atoms with Crippen molar-refractivity contribution >= 4 is 45.7 Å². The smallest absolute Gasteiger partial charge is 0.236 e. The van der Waals surface area contributed by atoms with Crippen LogP contribution in [0.3, 0.4) is 0 Å². The van der Waals surface area contributed by atoms with E-state index in [2.05, 4.69) is 20.5 Å². The molecule has 0 saturated carbocycles. The van der Waals surface area contributed by atoms with Gasteiger partial charge in [0.15, 0.2) is 16.1 Å². The van der Waals surface area contributed by atoms with Gasteiger partial charge in [0.2, 0.25) is 5.91 Å². The Morgan fingerprint density at radius 2 is 1.94 bits per heavy atom. The molecule has 1 N–H and O–H groups in total. The highest BCUT2D eigenvalue weighted by atomic mass is 35.5. The molecule has 0 radical (unpaired) electrons. The van der Waals surface area contributed by atoms with Crippen molar-refractivity contribution in [1.82, 2.24) is 19.7 Å². The van der Waals surface area contributed by atoms with E-state index in [0.29, 0.717) is 26.9 Å². The Morgan fingerprint density at radius 1 is 1.16 bits per heavy atom. The highest BCUT2D eigenvalue weighted by molar-refractivity contribution is 7.99. The van der Waals surface area contributed by atoms with Crippen LogP contribution in [0.4, 0.5) is 5.13 Å². The van der Waals surface area contributed by atoms with Crippen LogP contribution in [0.2, 0.25) is 5.02 Å². The van der Waals surface area contributed by atoms with Gasteiger partial charge in [-0.25, -0.2) is 4.98 Å². The first-order valence-electron chi connectivity index (χ1n) is 9.29. The predicted molar refractivity (Wildman–Crippen MR) is 124 cm³/mol. The van der Waals surface area contributed by atoms with Crippen molar-refractivity contribution in [1.29, 1.82) is 0 Å². The standard InChI is InChI=1S/C21H18ClN5O2S2/c1-27-18(11-29-16-9-7-15(22)8-10-16)25-26-21(27)31-13-19(28)24-20-23-17(12-30-20)14-5-3-2-4-6-14/h2-10,12H,11,13H2,1H3,(H,23,24,28). The van der Waals surface area contributed by atoms with Crippen molar-refractivity contribution < 1.29 is 9.53 Å². The van der Waals surface area contributed by atoms with Gasteiger partial charge in [0.05, 0.1) is 11.4 Å². The lowest BCUT2D eigenvalue weighted by atomic mass is 10.2. The average molecular weight is 472 g/mol. The van der Waals surface area contributed by atoms with E-state index in [0.717, 1.165) is 11.3 Å². The number of ether oxygens (including phenoxy) is 1. The number of aromatic nitrogens is 4. The Kier molecular flexibility index (Phi) is 6.86. The number of nitrogens with one attached hydrogen (secondary N) is 1. The number of hydrogen-bond acceptors (Lipinski definition) is 7. The van der Waals surface area contributed by atoms with Crippen molar-refractivity contribution in [3.05, 3.63) is 70.8 Å². The lowest BCUT2D eigenvalue weighted by molar-refractivity contribution is -0.113. The molecule has 0 spiro atoms. The minimum Gasteiger partial charge on any atom is -0.486 e. The molecule has 10 heteroatoms.